The third-order valence-corrected chi connectivity index (χ3v) is 5.33. The zero-order valence-corrected chi connectivity index (χ0v) is 18.8. The topological polar surface area (TPSA) is 87.4 Å². The fourth-order valence-electron chi connectivity index (χ4n) is 3.64. The Hall–Kier alpha value is -2.25. The Morgan fingerprint density at radius 2 is 1.87 bits per heavy atom. The van der Waals surface area contributed by atoms with E-state index >= 15 is 0 Å². The number of fused-ring (bicyclic) bond motifs is 1. The predicted molar refractivity (Wildman–Crippen MR) is 118 cm³/mol. The first-order chi connectivity index (χ1) is 14.9. The van der Waals surface area contributed by atoms with E-state index in [4.69, 9.17) is 23.4 Å². The van der Waals surface area contributed by atoms with E-state index in [2.05, 4.69) is 6.92 Å². The van der Waals surface area contributed by atoms with Crippen LogP contribution >= 0.6 is 0 Å². The number of rotatable bonds is 12. The predicted octanol–water partition coefficient (Wildman–Crippen LogP) is 5.16. The van der Waals surface area contributed by atoms with Gasteiger partial charge in [0.2, 0.25) is 5.75 Å². The minimum Gasteiger partial charge on any atom is -0.504 e. The minimum absolute atomic E-state index is 0.0104. The van der Waals surface area contributed by atoms with Crippen LogP contribution in [0.4, 0.5) is 0 Å². The van der Waals surface area contributed by atoms with Gasteiger partial charge >= 0.3 is 5.63 Å². The molecule has 1 unspecified atom stereocenters. The van der Waals surface area contributed by atoms with Crippen molar-refractivity contribution in [3.63, 3.8) is 0 Å². The van der Waals surface area contributed by atoms with Gasteiger partial charge in [0.1, 0.15) is 11.3 Å². The Labute approximate surface area is 183 Å². The lowest BCUT2D eigenvalue weighted by molar-refractivity contribution is -0.139. The molecular formula is C24H34O7. The average molecular weight is 435 g/mol. The van der Waals surface area contributed by atoms with E-state index in [9.17, 15) is 9.90 Å². The molecule has 0 saturated carbocycles. The molecule has 1 atom stereocenters. The van der Waals surface area contributed by atoms with Crippen LogP contribution in [0.3, 0.4) is 0 Å². The smallest absolute Gasteiger partial charge is 0.383 e. The van der Waals surface area contributed by atoms with E-state index in [1.165, 1.54) is 19.3 Å². The minimum atomic E-state index is -0.688. The summed E-state index contributed by atoms with van der Waals surface area (Å²) in [6.07, 6.45) is 7.35. The summed E-state index contributed by atoms with van der Waals surface area (Å²) >= 11 is 0. The molecule has 0 aliphatic carbocycles. The van der Waals surface area contributed by atoms with Gasteiger partial charge in [-0.3, -0.25) is 0 Å². The molecular weight excluding hydrogens is 400 g/mol. The number of ether oxygens (including phenoxy) is 4. The van der Waals surface area contributed by atoms with E-state index in [1.807, 2.05) is 13.8 Å². The number of hydrogen-bond donors (Lipinski definition) is 1. The largest absolute Gasteiger partial charge is 0.504 e. The van der Waals surface area contributed by atoms with E-state index < -0.39 is 11.4 Å². The number of unbranched alkanes of at least 4 members (excludes halogenated alkanes) is 5. The zero-order valence-electron chi connectivity index (χ0n) is 18.8. The monoisotopic (exact) mass is 434 g/mol. The van der Waals surface area contributed by atoms with Crippen LogP contribution in [0.1, 0.15) is 65.7 Å². The quantitative estimate of drug-likeness (QED) is 0.365. The highest BCUT2D eigenvalue weighted by atomic mass is 16.7. The third-order valence-electron chi connectivity index (χ3n) is 5.33. The molecule has 1 aromatic heterocycles. The Kier molecular flexibility index (Phi) is 8.21. The van der Waals surface area contributed by atoms with Crippen LogP contribution in [0.15, 0.2) is 27.4 Å². The molecule has 0 amide bonds. The second-order valence-electron chi connectivity index (χ2n) is 8.43. The Balaban J connectivity index is 1.54. The van der Waals surface area contributed by atoms with Crippen molar-refractivity contribution < 1.29 is 28.5 Å². The summed E-state index contributed by atoms with van der Waals surface area (Å²) in [5.74, 6) is -0.323. The molecule has 2 heterocycles. The molecule has 1 aromatic carbocycles. The van der Waals surface area contributed by atoms with Crippen molar-refractivity contribution in [2.45, 2.75) is 77.6 Å². The fraction of sp³-hybridized carbons (Fsp3) is 0.625. The van der Waals surface area contributed by atoms with Crippen molar-refractivity contribution in [2.75, 3.05) is 19.8 Å². The van der Waals surface area contributed by atoms with Crippen molar-refractivity contribution >= 4 is 11.0 Å². The third kappa shape index (κ3) is 6.61. The van der Waals surface area contributed by atoms with Crippen LogP contribution in [0.2, 0.25) is 0 Å². The molecule has 1 aliphatic heterocycles. The Morgan fingerprint density at radius 3 is 2.61 bits per heavy atom. The molecule has 2 aromatic rings. The highest BCUT2D eigenvalue weighted by Gasteiger charge is 2.32. The van der Waals surface area contributed by atoms with E-state index in [1.54, 1.807) is 18.2 Å². The second kappa shape index (κ2) is 10.9. The van der Waals surface area contributed by atoms with E-state index in [0.29, 0.717) is 37.4 Å². The summed E-state index contributed by atoms with van der Waals surface area (Å²) in [6, 6.07) is 5.00. The van der Waals surface area contributed by atoms with Gasteiger partial charge in [0, 0.05) is 12.5 Å². The van der Waals surface area contributed by atoms with Crippen LogP contribution in [0.5, 0.6) is 17.2 Å². The molecule has 0 bridgehead atoms. The molecule has 0 radical (unpaired) electrons. The lowest BCUT2D eigenvalue weighted by Gasteiger charge is -2.17. The van der Waals surface area contributed by atoms with Gasteiger partial charge in [-0.25, -0.2) is 4.79 Å². The van der Waals surface area contributed by atoms with Gasteiger partial charge in [-0.1, -0.05) is 39.0 Å². The van der Waals surface area contributed by atoms with Gasteiger partial charge in [0.15, 0.2) is 11.5 Å². The molecule has 1 N–H and O–H groups in total. The van der Waals surface area contributed by atoms with Crippen LogP contribution in [-0.4, -0.2) is 36.8 Å². The highest BCUT2D eigenvalue weighted by Crippen LogP contribution is 2.33. The number of hydrogen-bond acceptors (Lipinski definition) is 7. The van der Waals surface area contributed by atoms with Gasteiger partial charge in [-0.15, -0.1) is 0 Å². The summed E-state index contributed by atoms with van der Waals surface area (Å²) in [5.41, 5.74) is -0.430. The molecule has 1 saturated heterocycles. The normalized spacial score (nSPS) is 17.8. The molecule has 1 fully saturated rings. The lowest BCUT2D eigenvalue weighted by atomic mass is 10.1. The summed E-state index contributed by atoms with van der Waals surface area (Å²) < 4.78 is 28.0. The fourth-order valence-corrected chi connectivity index (χ4v) is 3.64. The van der Waals surface area contributed by atoms with Crippen LogP contribution < -0.4 is 15.1 Å². The summed E-state index contributed by atoms with van der Waals surface area (Å²) in [7, 11) is 0. The Morgan fingerprint density at radius 1 is 1.10 bits per heavy atom. The lowest BCUT2D eigenvalue weighted by Crippen LogP contribution is -2.22. The molecule has 172 valence electrons. The molecule has 3 rings (SSSR count). The van der Waals surface area contributed by atoms with Gasteiger partial charge in [-0.2, -0.15) is 0 Å². The molecule has 7 heteroatoms. The second-order valence-corrected chi connectivity index (χ2v) is 8.43. The molecule has 1 aliphatic rings. The van der Waals surface area contributed by atoms with E-state index in [0.717, 1.165) is 19.3 Å². The van der Waals surface area contributed by atoms with Crippen molar-refractivity contribution in [1.82, 2.24) is 0 Å². The molecule has 0 spiro atoms. The van der Waals surface area contributed by atoms with Crippen molar-refractivity contribution in [1.29, 1.82) is 0 Å². The summed E-state index contributed by atoms with van der Waals surface area (Å²) in [6.45, 7) is 7.31. The summed E-state index contributed by atoms with van der Waals surface area (Å²) in [4.78, 5) is 12.3. The van der Waals surface area contributed by atoms with Crippen molar-refractivity contribution in [3.05, 3.63) is 28.6 Å². The maximum atomic E-state index is 12.3. The number of benzene rings is 1. The first-order valence-corrected chi connectivity index (χ1v) is 11.3. The van der Waals surface area contributed by atoms with Gasteiger partial charge in [-0.05, 0) is 32.4 Å². The number of aromatic hydroxyl groups is 1. The van der Waals surface area contributed by atoms with Crippen LogP contribution in [-0.2, 0) is 9.47 Å². The Bertz CT molecular complexity index is 903. The maximum Gasteiger partial charge on any atom is 0.383 e. The molecule has 31 heavy (non-hydrogen) atoms. The van der Waals surface area contributed by atoms with Crippen molar-refractivity contribution in [3.8, 4) is 17.2 Å². The first-order valence-electron chi connectivity index (χ1n) is 11.3. The van der Waals surface area contributed by atoms with Gasteiger partial charge < -0.3 is 28.5 Å². The maximum absolute atomic E-state index is 12.3. The average Bonchev–Trinajstić information content (AvgIpc) is 3.07. The highest BCUT2D eigenvalue weighted by molar-refractivity contribution is 5.86. The SMILES string of the molecule is CCCCCCCCOc1c(O)c2ccc(OCCC3COC(C)(C)O3)cc2oc1=O. The first kappa shape index (κ1) is 23.4. The van der Waals surface area contributed by atoms with Crippen molar-refractivity contribution in [2.24, 2.45) is 0 Å². The van der Waals surface area contributed by atoms with Crippen LogP contribution in [0.25, 0.3) is 11.0 Å². The van der Waals surface area contributed by atoms with Crippen LogP contribution in [0, 0.1) is 0 Å². The van der Waals surface area contributed by atoms with Gasteiger partial charge in [0.05, 0.1) is 31.3 Å². The zero-order chi connectivity index (χ0) is 22.3. The van der Waals surface area contributed by atoms with E-state index in [-0.39, 0.29) is 23.2 Å². The van der Waals surface area contributed by atoms with Gasteiger partial charge in [0.25, 0.3) is 0 Å². The standard InChI is InChI=1S/C24H34O7/c1-4-5-6-7-8-9-13-28-22-21(25)19-11-10-17(15-20(19)30-23(22)26)27-14-12-18-16-29-24(2,3)31-18/h10-11,15,18,25H,4-9,12-14,16H2,1-3H3. The summed E-state index contributed by atoms with van der Waals surface area (Å²) in [5, 5.41) is 10.9. The molecule has 7 nitrogen and oxygen atoms in total.